The molecule has 0 bridgehead atoms. The van der Waals surface area contributed by atoms with Crippen LogP contribution in [0.5, 0.6) is 0 Å². The van der Waals surface area contributed by atoms with E-state index < -0.39 is 10.0 Å². The Labute approximate surface area is 157 Å². The van der Waals surface area contributed by atoms with Gasteiger partial charge in [-0.15, -0.1) is 0 Å². The summed E-state index contributed by atoms with van der Waals surface area (Å²) in [6.07, 6.45) is 7.54. The van der Waals surface area contributed by atoms with Crippen molar-refractivity contribution in [3.05, 3.63) is 23.8 Å². The molecular formula is C19H31N3O3S. The predicted molar refractivity (Wildman–Crippen MR) is 107 cm³/mol. The predicted octanol–water partition coefficient (Wildman–Crippen LogP) is 3.40. The van der Waals surface area contributed by atoms with E-state index in [0.29, 0.717) is 12.1 Å². The second kappa shape index (κ2) is 9.80. The third-order valence-electron chi connectivity index (χ3n) is 4.73. The average molecular weight is 382 g/mol. The molecule has 0 radical (unpaired) electrons. The minimum absolute atomic E-state index is 0.0201. The fourth-order valence-corrected chi connectivity index (χ4v) is 4.50. The second-order valence-electron chi connectivity index (χ2n) is 7.01. The summed E-state index contributed by atoms with van der Waals surface area (Å²) in [6.45, 7) is 3.86. The second-order valence-corrected chi connectivity index (χ2v) is 8.85. The number of hydrogen-bond donors (Lipinski definition) is 3. The van der Waals surface area contributed by atoms with Gasteiger partial charge in [-0.2, -0.15) is 0 Å². The molecule has 0 unspecified atom stereocenters. The summed E-state index contributed by atoms with van der Waals surface area (Å²) in [7, 11) is -3.33. The summed E-state index contributed by atoms with van der Waals surface area (Å²) in [6, 6.07) is 5.65. The van der Waals surface area contributed by atoms with Crippen LogP contribution in [0.4, 0.5) is 11.4 Å². The van der Waals surface area contributed by atoms with Crippen molar-refractivity contribution in [2.24, 2.45) is 0 Å². The van der Waals surface area contributed by atoms with Crippen LogP contribution in [-0.2, 0) is 14.8 Å². The van der Waals surface area contributed by atoms with Gasteiger partial charge in [0.2, 0.25) is 15.9 Å². The molecule has 1 fully saturated rings. The third kappa shape index (κ3) is 6.52. The van der Waals surface area contributed by atoms with Crippen LogP contribution in [0.25, 0.3) is 0 Å². The van der Waals surface area contributed by atoms with Crippen LogP contribution in [0.15, 0.2) is 18.2 Å². The van der Waals surface area contributed by atoms with E-state index in [-0.39, 0.29) is 24.2 Å². The lowest BCUT2D eigenvalue weighted by molar-refractivity contribution is -0.120. The Morgan fingerprint density at radius 1 is 1.12 bits per heavy atom. The molecule has 1 aromatic carbocycles. The number of carbonyl (C=O) groups excluding carboxylic acids is 1. The van der Waals surface area contributed by atoms with Gasteiger partial charge >= 0.3 is 0 Å². The zero-order valence-corrected chi connectivity index (χ0v) is 16.6. The Morgan fingerprint density at radius 2 is 1.77 bits per heavy atom. The first kappa shape index (κ1) is 20.6. The zero-order chi connectivity index (χ0) is 19.0. The molecule has 1 aromatic rings. The van der Waals surface area contributed by atoms with E-state index in [4.69, 9.17) is 0 Å². The summed E-state index contributed by atoms with van der Waals surface area (Å²) in [5.74, 6) is 0.0710. The van der Waals surface area contributed by atoms with Crippen LogP contribution >= 0.6 is 0 Å². The number of sulfonamides is 1. The average Bonchev–Trinajstić information content (AvgIpc) is 2.84. The number of rotatable bonds is 8. The molecule has 1 aliphatic rings. The molecular weight excluding hydrogens is 350 g/mol. The topological polar surface area (TPSA) is 87.3 Å². The van der Waals surface area contributed by atoms with E-state index >= 15 is 0 Å². The number of anilines is 2. The highest BCUT2D eigenvalue weighted by Gasteiger charge is 2.15. The fourth-order valence-electron chi connectivity index (χ4n) is 3.30. The van der Waals surface area contributed by atoms with E-state index in [9.17, 15) is 13.2 Å². The lowest BCUT2D eigenvalue weighted by Crippen LogP contribution is -2.38. The van der Waals surface area contributed by atoms with Crippen LogP contribution in [0.3, 0.4) is 0 Å². The molecule has 26 heavy (non-hydrogen) atoms. The van der Waals surface area contributed by atoms with E-state index in [0.717, 1.165) is 24.1 Å². The van der Waals surface area contributed by atoms with Gasteiger partial charge in [-0.3, -0.25) is 9.52 Å². The molecule has 0 saturated heterocycles. The van der Waals surface area contributed by atoms with Crippen molar-refractivity contribution >= 4 is 27.3 Å². The van der Waals surface area contributed by atoms with Crippen LogP contribution in [0.2, 0.25) is 0 Å². The van der Waals surface area contributed by atoms with Crippen LogP contribution in [0, 0.1) is 6.92 Å². The maximum Gasteiger partial charge on any atom is 0.239 e. The van der Waals surface area contributed by atoms with Gasteiger partial charge in [-0.05, 0) is 43.9 Å². The van der Waals surface area contributed by atoms with Gasteiger partial charge in [-0.1, -0.05) is 38.7 Å². The maximum atomic E-state index is 12.2. The molecule has 1 aliphatic carbocycles. The molecule has 3 N–H and O–H groups in total. The van der Waals surface area contributed by atoms with Crippen molar-refractivity contribution in [2.75, 3.05) is 22.3 Å². The third-order valence-corrected chi connectivity index (χ3v) is 6.21. The summed E-state index contributed by atoms with van der Waals surface area (Å²) in [5.41, 5.74) is 2.10. The largest absolute Gasteiger partial charge is 0.376 e. The number of carbonyl (C=O) groups is 1. The van der Waals surface area contributed by atoms with Crippen LogP contribution in [-0.4, -0.2) is 32.7 Å². The van der Waals surface area contributed by atoms with Gasteiger partial charge in [0.1, 0.15) is 0 Å². The molecule has 6 nitrogen and oxygen atoms in total. The van der Waals surface area contributed by atoms with Gasteiger partial charge in [0.05, 0.1) is 18.0 Å². The first-order valence-corrected chi connectivity index (χ1v) is 11.2. The van der Waals surface area contributed by atoms with Crippen LogP contribution in [0.1, 0.15) is 57.4 Å². The van der Waals surface area contributed by atoms with Gasteiger partial charge in [0, 0.05) is 11.7 Å². The summed E-state index contributed by atoms with van der Waals surface area (Å²) >= 11 is 0. The highest BCUT2D eigenvalue weighted by Crippen LogP contribution is 2.24. The lowest BCUT2D eigenvalue weighted by Gasteiger charge is -2.18. The minimum Gasteiger partial charge on any atom is -0.376 e. The monoisotopic (exact) mass is 381 g/mol. The van der Waals surface area contributed by atoms with Crippen molar-refractivity contribution in [1.82, 2.24) is 5.32 Å². The summed E-state index contributed by atoms with van der Waals surface area (Å²) in [4.78, 5) is 12.2. The molecule has 0 heterocycles. The van der Waals surface area contributed by atoms with Gasteiger partial charge in [0.15, 0.2) is 0 Å². The normalized spacial score (nSPS) is 15.9. The Balaban J connectivity index is 1.92. The van der Waals surface area contributed by atoms with Crippen molar-refractivity contribution < 1.29 is 13.2 Å². The highest BCUT2D eigenvalue weighted by molar-refractivity contribution is 7.92. The molecule has 7 heteroatoms. The number of nitrogens with one attached hydrogen (secondary N) is 3. The Hall–Kier alpha value is -1.76. The minimum atomic E-state index is -3.33. The molecule has 2 rings (SSSR count). The molecule has 0 aliphatic heterocycles. The van der Waals surface area contributed by atoms with Crippen molar-refractivity contribution in [2.45, 2.75) is 64.8 Å². The Morgan fingerprint density at radius 3 is 2.42 bits per heavy atom. The molecule has 146 valence electrons. The zero-order valence-electron chi connectivity index (χ0n) is 15.8. The maximum absolute atomic E-state index is 12.2. The molecule has 0 spiro atoms. The Bertz CT molecular complexity index is 696. The smallest absolute Gasteiger partial charge is 0.239 e. The Kier molecular flexibility index (Phi) is 7.75. The van der Waals surface area contributed by atoms with E-state index in [1.54, 1.807) is 12.1 Å². The SMILES string of the molecule is CCCS(=O)(=O)Nc1cccc(NCC(=O)NC2CCCCCC2)c1C. The first-order valence-electron chi connectivity index (χ1n) is 9.54. The van der Waals surface area contributed by atoms with Gasteiger partial charge in [-0.25, -0.2) is 8.42 Å². The van der Waals surface area contributed by atoms with E-state index in [2.05, 4.69) is 15.4 Å². The lowest BCUT2D eigenvalue weighted by atomic mass is 10.1. The van der Waals surface area contributed by atoms with Crippen molar-refractivity contribution in [3.8, 4) is 0 Å². The number of hydrogen-bond acceptors (Lipinski definition) is 4. The standard InChI is InChI=1S/C19H31N3O3S/c1-3-13-26(24,25)22-18-12-8-11-17(15(18)2)20-14-19(23)21-16-9-6-4-5-7-10-16/h8,11-12,16,20,22H,3-7,9-10,13-14H2,1-2H3,(H,21,23). The fraction of sp³-hybridized carbons (Fsp3) is 0.632. The first-order chi connectivity index (χ1) is 12.4. The van der Waals surface area contributed by atoms with Crippen molar-refractivity contribution in [3.63, 3.8) is 0 Å². The van der Waals surface area contributed by atoms with E-state index in [1.807, 2.05) is 19.9 Å². The summed E-state index contributed by atoms with van der Waals surface area (Å²) in [5, 5.41) is 6.23. The van der Waals surface area contributed by atoms with Crippen LogP contribution < -0.4 is 15.4 Å². The number of amides is 1. The molecule has 0 aromatic heterocycles. The summed E-state index contributed by atoms with van der Waals surface area (Å²) < 4.78 is 26.6. The molecule has 0 atom stereocenters. The quantitative estimate of drug-likeness (QED) is 0.602. The number of benzene rings is 1. The van der Waals surface area contributed by atoms with Gasteiger partial charge in [0.25, 0.3) is 0 Å². The molecule has 1 amide bonds. The van der Waals surface area contributed by atoms with Gasteiger partial charge < -0.3 is 10.6 Å². The molecule has 1 saturated carbocycles. The highest BCUT2D eigenvalue weighted by atomic mass is 32.2. The van der Waals surface area contributed by atoms with E-state index in [1.165, 1.54) is 25.7 Å². The van der Waals surface area contributed by atoms with Crippen molar-refractivity contribution in [1.29, 1.82) is 0 Å².